The van der Waals surface area contributed by atoms with Crippen LogP contribution in [0.25, 0.3) is 11.1 Å². The van der Waals surface area contributed by atoms with E-state index in [-0.39, 0.29) is 23.6 Å². The molecule has 0 saturated carbocycles. The maximum Gasteiger partial charge on any atom is 0.419 e. The van der Waals surface area contributed by atoms with Gasteiger partial charge in [-0.25, -0.2) is 4.39 Å². The number of benzene rings is 2. The molecule has 30 heavy (non-hydrogen) atoms. The summed E-state index contributed by atoms with van der Waals surface area (Å²) in [5, 5.41) is 14.1. The molecule has 0 atom stereocenters. The number of carbonyl (C=O) groups is 1. The minimum Gasteiger partial charge on any atom is -0.618 e. The first-order chi connectivity index (χ1) is 14.2. The molecule has 9 heteroatoms. The molecule has 0 aliphatic carbocycles. The second-order valence-corrected chi connectivity index (χ2v) is 6.31. The number of hydrogen-bond donors (Lipinski definition) is 1. The number of aromatic nitrogens is 1. The van der Waals surface area contributed by atoms with Crippen molar-refractivity contribution in [2.45, 2.75) is 12.7 Å². The van der Waals surface area contributed by atoms with Gasteiger partial charge in [-0.1, -0.05) is 12.1 Å². The van der Waals surface area contributed by atoms with Gasteiger partial charge in [-0.3, -0.25) is 4.79 Å². The fourth-order valence-electron chi connectivity index (χ4n) is 2.85. The average Bonchev–Trinajstić information content (AvgIpc) is 2.72. The van der Waals surface area contributed by atoms with Gasteiger partial charge in [0.05, 0.1) is 18.2 Å². The Morgan fingerprint density at radius 2 is 1.80 bits per heavy atom. The third-order valence-corrected chi connectivity index (χ3v) is 4.39. The van der Waals surface area contributed by atoms with E-state index in [1.54, 1.807) is 6.07 Å². The Bertz CT molecular complexity index is 1080. The summed E-state index contributed by atoms with van der Waals surface area (Å²) in [6, 6.07) is 11.5. The van der Waals surface area contributed by atoms with E-state index < -0.39 is 23.5 Å². The summed E-state index contributed by atoms with van der Waals surface area (Å²) < 4.78 is 58.7. The lowest BCUT2D eigenvalue weighted by molar-refractivity contribution is -0.614. The number of carbonyl (C=O) groups excluding carboxylic acids is 1. The van der Waals surface area contributed by atoms with Crippen LogP contribution in [0.3, 0.4) is 0 Å². The third-order valence-electron chi connectivity index (χ3n) is 4.39. The molecule has 0 saturated heterocycles. The summed E-state index contributed by atoms with van der Waals surface area (Å²) >= 11 is 0. The number of methoxy groups -OCH3 is 1. The van der Waals surface area contributed by atoms with Crippen LogP contribution in [0.5, 0.6) is 5.75 Å². The second-order valence-electron chi connectivity index (χ2n) is 6.31. The summed E-state index contributed by atoms with van der Waals surface area (Å²) in [5.41, 5.74) is -0.348. The van der Waals surface area contributed by atoms with Crippen LogP contribution < -0.4 is 14.8 Å². The summed E-state index contributed by atoms with van der Waals surface area (Å²) in [7, 11) is 1.11. The van der Waals surface area contributed by atoms with Gasteiger partial charge in [-0.05, 0) is 41.5 Å². The van der Waals surface area contributed by atoms with Gasteiger partial charge in [-0.2, -0.15) is 17.9 Å². The first kappa shape index (κ1) is 21.1. The molecule has 0 fully saturated rings. The van der Waals surface area contributed by atoms with Gasteiger partial charge in [-0.15, -0.1) is 0 Å². The first-order valence-corrected chi connectivity index (χ1v) is 8.71. The number of amides is 1. The Labute approximate surface area is 169 Å². The Kier molecular flexibility index (Phi) is 5.91. The molecular weight excluding hydrogens is 404 g/mol. The van der Waals surface area contributed by atoms with Gasteiger partial charge >= 0.3 is 6.18 Å². The molecule has 5 nitrogen and oxygen atoms in total. The number of alkyl halides is 3. The summed E-state index contributed by atoms with van der Waals surface area (Å²) in [6.45, 7) is -0.124. The molecule has 0 bridgehead atoms. The Hall–Kier alpha value is -3.62. The number of pyridine rings is 1. The van der Waals surface area contributed by atoms with Gasteiger partial charge < -0.3 is 15.3 Å². The zero-order valence-electron chi connectivity index (χ0n) is 15.7. The van der Waals surface area contributed by atoms with Crippen molar-refractivity contribution in [3.63, 3.8) is 0 Å². The molecule has 2 aromatic carbocycles. The molecule has 1 amide bonds. The van der Waals surface area contributed by atoms with Crippen molar-refractivity contribution in [2.75, 3.05) is 7.11 Å². The van der Waals surface area contributed by atoms with Crippen molar-refractivity contribution in [3.8, 4) is 16.9 Å². The number of ether oxygens (including phenoxy) is 1. The fraction of sp³-hybridized carbons (Fsp3) is 0.143. The van der Waals surface area contributed by atoms with E-state index in [0.717, 1.165) is 19.2 Å². The number of nitrogens with zero attached hydrogens (tertiary/aromatic N) is 1. The van der Waals surface area contributed by atoms with E-state index in [1.165, 1.54) is 42.6 Å². The first-order valence-electron chi connectivity index (χ1n) is 8.71. The Morgan fingerprint density at radius 3 is 2.47 bits per heavy atom. The molecule has 1 aromatic heterocycles. The predicted molar refractivity (Wildman–Crippen MR) is 100.0 cm³/mol. The lowest BCUT2D eigenvalue weighted by Gasteiger charge is -2.14. The molecule has 0 spiro atoms. The van der Waals surface area contributed by atoms with Crippen LogP contribution in [0, 0.1) is 11.0 Å². The summed E-state index contributed by atoms with van der Waals surface area (Å²) in [6.07, 6.45) is -3.33. The molecule has 1 heterocycles. The molecule has 0 unspecified atom stereocenters. The van der Waals surface area contributed by atoms with E-state index in [0.29, 0.717) is 15.9 Å². The highest BCUT2D eigenvalue weighted by Gasteiger charge is 2.34. The Morgan fingerprint density at radius 1 is 1.10 bits per heavy atom. The van der Waals surface area contributed by atoms with Gasteiger partial charge in [0.25, 0.3) is 5.91 Å². The Balaban J connectivity index is 1.88. The maximum atomic E-state index is 14.2. The zero-order chi connectivity index (χ0) is 21.9. The molecule has 3 rings (SSSR count). The summed E-state index contributed by atoms with van der Waals surface area (Å²) in [5.74, 6) is -1.96. The monoisotopic (exact) mass is 420 g/mol. The topological polar surface area (TPSA) is 65.3 Å². The number of nitrogens with one attached hydrogen (secondary N) is 1. The predicted octanol–water partition coefficient (Wildman–Crippen LogP) is 4.08. The van der Waals surface area contributed by atoms with Crippen LogP contribution in [0.15, 0.2) is 60.8 Å². The smallest absolute Gasteiger partial charge is 0.419 e. The van der Waals surface area contributed by atoms with Gasteiger partial charge in [0, 0.05) is 12.1 Å². The van der Waals surface area contributed by atoms with Crippen molar-refractivity contribution in [2.24, 2.45) is 0 Å². The van der Waals surface area contributed by atoms with E-state index in [2.05, 4.69) is 5.32 Å². The molecule has 1 N–H and O–H groups in total. The van der Waals surface area contributed by atoms with Crippen molar-refractivity contribution in [3.05, 3.63) is 88.6 Å². The van der Waals surface area contributed by atoms with Crippen LogP contribution >= 0.6 is 0 Å². The maximum absolute atomic E-state index is 14.2. The molecule has 156 valence electrons. The van der Waals surface area contributed by atoms with Crippen LogP contribution in [0.4, 0.5) is 17.6 Å². The van der Waals surface area contributed by atoms with Crippen molar-refractivity contribution >= 4 is 5.91 Å². The SMILES string of the molecule is COc1cc(-c2ccc(F)c(C(=O)NCc3cccc[n+]3[O-])c2)ccc1C(F)(F)F. The molecular formula is C21H16F4N2O3. The van der Waals surface area contributed by atoms with E-state index in [1.807, 2.05) is 0 Å². The number of halogens is 4. The number of hydrogen-bond acceptors (Lipinski definition) is 3. The lowest BCUT2D eigenvalue weighted by atomic mass is 10.00. The van der Waals surface area contributed by atoms with Gasteiger partial charge in [0.15, 0.2) is 6.20 Å². The van der Waals surface area contributed by atoms with Gasteiger partial charge in [0.2, 0.25) is 5.69 Å². The highest BCUT2D eigenvalue weighted by molar-refractivity contribution is 5.95. The van der Waals surface area contributed by atoms with Crippen molar-refractivity contribution in [1.82, 2.24) is 5.32 Å². The molecule has 0 radical (unpaired) electrons. The molecule has 3 aromatic rings. The van der Waals surface area contributed by atoms with Crippen LogP contribution in [0.2, 0.25) is 0 Å². The molecule has 0 aliphatic rings. The highest BCUT2D eigenvalue weighted by atomic mass is 19.4. The average molecular weight is 420 g/mol. The minimum atomic E-state index is -4.59. The molecule has 0 aliphatic heterocycles. The van der Waals surface area contributed by atoms with E-state index in [4.69, 9.17) is 4.74 Å². The van der Waals surface area contributed by atoms with Crippen molar-refractivity contribution < 1.29 is 31.8 Å². The van der Waals surface area contributed by atoms with Gasteiger partial charge in [0.1, 0.15) is 18.1 Å². The lowest BCUT2D eigenvalue weighted by Crippen LogP contribution is -2.35. The largest absolute Gasteiger partial charge is 0.618 e. The second kappa shape index (κ2) is 8.40. The van der Waals surface area contributed by atoms with E-state index in [9.17, 15) is 27.6 Å². The van der Waals surface area contributed by atoms with Crippen LogP contribution in [-0.4, -0.2) is 13.0 Å². The number of rotatable bonds is 5. The normalized spacial score (nSPS) is 11.2. The quantitative estimate of drug-likeness (QED) is 0.384. The van der Waals surface area contributed by atoms with Crippen LogP contribution in [-0.2, 0) is 12.7 Å². The third kappa shape index (κ3) is 4.51. The summed E-state index contributed by atoms with van der Waals surface area (Å²) in [4.78, 5) is 12.4. The van der Waals surface area contributed by atoms with E-state index >= 15 is 0 Å². The van der Waals surface area contributed by atoms with Crippen molar-refractivity contribution in [1.29, 1.82) is 0 Å². The minimum absolute atomic E-state index is 0.124. The standard InChI is InChI=1S/C21H16F4N2O3/c1-30-19-11-14(5-7-17(19)21(23,24)25)13-6-8-18(22)16(10-13)20(28)26-12-15-4-2-3-9-27(15)29/h2-11H,12H2,1H3,(H,26,28). The highest BCUT2D eigenvalue weighted by Crippen LogP contribution is 2.38. The fourth-order valence-corrected chi connectivity index (χ4v) is 2.85. The van der Waals surface area contributed by atoms with Crippen LogP contribution in [0.1, 0.15) is 21.6 Å². The zero-order valence-corrected chi connectivity index (χ0v) is 15.7.